The van der Waals surface area contributed by atoms with Crippen molar-refractivity contribution in [3.8, 4) is 0 Å². The fourth-order valence-corrected chi connectivity index (χ4v) is 2.65. The third kappa shape index (κ3) is 3.77. The lowest BCUT2D eigenvalue weighted by Crippen LogP contribution is -2.54. The number of hydrogen-bond acceptors (Lipinski definition) is 3. The van der Waals surface area contributed by atoms with E-state index in [0.29, 0.717) is 22.6 Å². The summed E-state index contributed by atoms with van der Waals surface area (Å²) < 4.78 is 13.4. The first-order chi connectivity index (χ1) is 9.47. The SMILES string of the molecule is CN1CCN(C)C(CNC(=O)c2ccc(F)c(Br)c2)C1. The van der Waals surface area contributed by atoms with Gasteiger partial charge in [0.25, 0.3) is 5.91 Å². The highest BCUT2D eigenvalue weighted by molar-refractivity contribution is 9.10. The molecule has 1 saturated heterocycles. The number of carbonyl (C=O) groups is 1. The molecule has 0 saturated carbocycles. The highest BCUT2D eigenvalue weighted by Crippen LogP contribution is 2.16. The number of amides is 1. The topological polar surface area (TPSA) is 35.6 Å². The number of piperazine rings is 1. The smallest absolute Gasteiger partial charge is 0.251 e. The summed E-state index contributed by atoms with van der Waals surface area (Å²) in [6.45, 7) is 3.57. The fourth-order valence-electron chi connectivity index (χ4n) is 2.27. The molecular weight excluding hydrogens is 325 g/mol. The molecular formula is C14H19BrFN3O. The van der Waals surface area contributed by atoms with E-state index in [1.54, 1.807) is 0 Å². The lowest BCUT2D eigenvalue weighted by Gasteiger charge is -2.37. The largest absolute Gasteiger partial charge is 0.350 e. The summed E-state index contributed by atoms with van der Waals surface area (Å²) in [4.78, 5) is 16.6. The summed E-state index contributed by atoms with van der Waals surface area (Å²) in [5.74, 6) is -0.539. The third-order valence-electron chi connectivity index (χ3n) is 3.66. The van der Waals surface area contributed by atoms with Gasteiger partial charge in [0.2, 0.25) is 0 Å². The maximum absolute atomic E-state index is 13.1. The maximum atomic E-state index is 13.1. The van der Waals surface area contributed by atoms with Crippen LogP contribution >= 0.6 is 15.9 Å². The molecule has 1 unspecified atom stereocenters. The van der Waals surface area contributed by atoms with Crippen LogP contribution < -0.4 is 5.32 Å². The van der Waals surface area contributed by atoms with Crippen LogP contribution in [0.5, 0.6) is 0 Å². The Morgan fingerprint density at radius 3 is 2.90 bits per heavy atom. The normalized spacial score (nSPS) is 20.9. The molecule has 1 amide bonds. The number of carbonyl (C=O) groups excluding carboxylic acids is 1. The zero-order valence-corrected chi connectivity index (χ0v) is 13.3. The van der Waals surface area contributed by atoms with Crippen LogP contribution in [0.2, 0.25) is 0 Å². The Balaban J connectivity index is 1.92. The van der Waals surface area contributed by atoms with Gasteiger partial charge in [-0.15, -0.1) is 0 Å². The minimum absolute atomic E-state index is 0.174. The van der Waals surface area contributed by atoms with Crippen LogP contribution in [0.4, 0.5) is 4.39 Å². The van der Waals surface area contributed by atoms with E-state index in [4.69, 9.17) is 0 Å². The molecule has 1 fully saturated rings. The zero-order chi connectivity index (χ0) is 14.7. The summed E-state index contributed by atoms with van der Waals surface area (Å²) in [6.07, 6.45) is 0. The Labute approximate surface area is 127 Å². The number of hydrogen-bond donors (Lipinski definition) is 1. The van der Waals surface area contributed by atoms with E-state index in [0.717, 1.165) is 19.6 Å². The van der Waals surface area contributed by atoms with Gasteiger partial charge in [-0.3, -0.25) is 9.69 Å². The highest BCUT2D eigenvalue weighted by atomic mass is 79.9. The van der Waals surface area contributed by atoms with Crippen molar-refractivity contribution >= 4 is 21.8 Å². The van der Waals surface area contributed by atoms with Crippen LogP contribution in [0.25, 0.3) is 0 Å². The van der Waals surface area contributed by atoms with Crippen molar-refractivity contribution in [1.82, 2.24) is 15.1 Å². The van der Waals surface area contributed by atoms with Gasteiger partial charge in [0.15, 0.2) is 0 Å². The molecule has 0 radical (unpaired) electrons. The summed E-state index contributed by atoms with van der Waals surface area (Å²) >= 11 is 3.09. The Hall–Kier alpha value is -0.980. The average molecular weight is 344 g/mol. The second-order valence-corrected chi connectivity index (χ2v) is 6.09. The molecule has 1 N–H and O–H groups in total. The van der Waals surface area contributed by atoms with Gasteiger partial charge in [0.1, 0.15) is 5.82 Å². The third-order valence-corrected chi connectivity index (χ3v) is 4.27. The minimum Gasteiger partial charge on any atom is -0.350 e. The molecule has 2 rings (SSSR count). The number of likely N-dealkylation sites (N-methyl/N-ethyl adjacent to an activating group) is 2. The number of benzene rings is 1. The first kappa shape index (κ1) is 15.4. The van der Waals surface area contributed by atoms with Gasteiger partial charge < -0.3 is 10.2 Å². The number of nitrogens with zero attached hydrogens (tertiary/aromatic N) is 2. The van der Waals surface area contributed by atoms with Crippen LogP contribution in [0, 0.1) is 5.82 Å². The molecule has 0 aromatic heterocycles. The van der Waals surface area contributed by atoms with Crippen molar-refractivity contribution in [3.05, 3.63) is 34.1 Å². The fraction of sp³-hybridized carbons (Fsp3) is 0.500. The van der Waals surface area contributed by atoms with E-state index < -0.39 is 0 Å². The predicted octanol–water partition coefficient (Wildman–Crippen LogP) is 1.56. The zero-order valence-electron chi connectivity index (χ0n) is 11.7. The molecule has 1 atom stereocenters. The molecule has 110 valence electrons. The van der Waals surface area contributed by atoms with Crippen molar-refractivity contribution in [2.24, 2.45) is 0 Å². The minimum atomic E-state index is -0.366. The van der Waals surface area contributed by atoms with Crippen molar-refractivity contribution < 1.29 is 9.18 Å². The van der Waals surface area contributed by atoms with Gasteiger partial charge in [-0.05, 0) is 48.2 Å². The first-order valence-corrected chi connectivity index (χ1v) is 7.38. The van der Waals surface area contributed by atoms with Gasteiger partial charge in [0, 0.05) is 37.8 Å². The molecule has 4 nitrogen and oxygen atoms in total. The second-order valence-electron chi connectivity index (χ2n) is 5.24. The number of rotatable bonds is 3. The van der Waals surface area contributed by atoms with Crippen molar-refractivity contribution in [2.45, 2.75) is 6.04 Å². The maximum Gasteiger partial charge on any atom is 0.251 e. The van der Waals surface area contributed by atoms with E-state index in [2.05, 4.69) is 45.1 Å². The summed E-state index contributed by atoms with van der Waals surface area (Å²) in [7, 11) is 4.15. The van der Waals surface area contributed by atoms with Crippen LogP contribution in [-0.2, 0) is 0 Å². The summed E-state index contributed by atoms with van der Waals surface area (Å²) in [6, 6.07) is 4.59. The Bertz CT molecular complexity index is 497. The summed E-state index contributed by atoms with van der Waals surface area (Å²) in [5, 5.41) is 2.92. The number of nitrogens with one attached hydrogen (secondary N) is 1. The molecule has 1 aromatic carbocycles. The van der Waals surface area contributed by atoms with E-state index in [1.807, 2.05) is 0 Å². The van der Waals surface area contributed by atoms with Crippen molar-refractivity contribution in [3.63, 3.8) is 0 Å². The molecule has 1 aliphatic heterocycles. The summed E-state index contributed by atoms with van der Waals surface area (Å²) in [5.41, 5.74) is 0.463. The van der Waals surface area contributed by atoms with Crippen LogP contribution in [0.1, 0.15) is 10.4 Å². The molecule has 0 spiro atoms. The van der Waals surface area contributed by atoms with Crippen LogP contribution in [0.3, 0.4) is 0 Å². The lowest BCUT2D eigenvalue weighted by molar-refractivity contribution is 0.0881. The molecule has 0 aliphatic carbocycles. The Morgan fingerprint density at radius 2 is 2.20 bits per heavy atom. The van der Waals surface area contributed by atoms with Gasteiger partial charge in [0.05, 0.1) is 4.47 Å². The Morgan fingerprint density at radius 1 is 1.45 bits per heavy atom. The molecule has 1 heterocycles. The van der Waals surface area contributed by atoms with Gasteiger partial charge in [-0.2, -0.15) is 0 Å². The number of halogens is 2. The van der Waals surface area contributed by atoms with E-state index in [1.165, 1.54) is 18.2 Å². The van der Waals surface area contributed by atoms with Crippen molar-refractivity contribution in [2.75, 3.05) is 40.3 Å². The van der Waals surface area contributed by atoms with Gasteiger partial charge in [-0.25, -0.2) is 4.39 Å². The molecule has 0 bridgehead atoms. The average Bonchev–Trinajstić information content (AvgIpc) is 2.42. The van der Waals surface area contributed by atoms with E-state index in [-0.39, 0.29) is 11.7 Å². The first-order valence-electron chi connectivity index (χ1n) is 6.59. The second kappa shape index (κ2) is 6.65. The standard InChI is InChI=1S/C14H19BrFN3O/c1-18-5-6-19(2)11(9-18)8-17-14(20)10-3-4-13(16)12(15)7-10/h3-4,7,11H,5-6,8-9H2,1-2H3,(H,17,20). The molecule has 20 heavy (non-hydrogen) atoms. The van der Waals surface area contributed by atoms with Crippen molar-refractivity contribution in [1.29, 1.82) is 0 Å². The predicted molar refractivity (Wildman–Crippen MR) is 80.3 cm³/mol. The molecule has 6 heteroatoms. The molecule has 1 aliphatic rings. The quantitative estimate of drug-likeness (QED) is 0.904. The van der Waals surface area contributed by atoms with Crippen LogP contribution in [0.15, 0.2) is 22.7 Å². The van der Waals surface area contributed by atoms with Gasteiger partial charge in [-0.1, -0.05) is 0 Å². The van der Waals surface area contributed by atoms with E-state index in [9.17, 15) is 9.18 Å². The van der Waals surface area contributed by atoms with Crippen LogP contribution in [-0.4, -0.2) is 62.0 Å². The lowest BCUT2D eigenvalue weighted by atomic mass is 10.1. The van der Waals surface area contributed by atoms with E-state index >= 15 is 0 Å². The highest BCUT2D eigenvalue weighted by Gasteiger charge is 2.22. The molecule has 1 aromatic rings. The Kier molecular flexibility index (Phi) is 5.12. The monoisotopic (exact) mass is 343 g/mol. The van der Waals surface area contributed by atoms with Gasteiger partial charge >= 0.3 is 0 Å².